The number of aromatic nitrogens is 1. The average Bonchev–Trinajstić information content (AvgIpc) is 2.88. The molecular formula is C12H15N3O3S. The van der Waals surface area contributed by atoms with E-state index in [1.807, 2.05) is 6.07 Å². The Labute approximate surface area is 115 Å². The van der Waals surface area contributed by atoms with Crippen molar-refractivity contribution in [3.63, 3.8) is 0 Å². The Balaban J connectivity index is 2.01. The summed E-state index contributed by atoms with van der Waals surface area (Å²) >= 11 is 1.46. The highest BCUT2D eigenvalue weighted by atomic mass is 32.2. The van der Waals surface area contributed by atoms with Gasteiger partial charge in [-0.25, -0.2) is 9.59 Å². The van der Waals surface area contributed by atoms with Gasteiger partial charge in [0.15, 0.2) is 0 Å². The van der Waals surface area contributed by atoms with Crippen LogP contribution < -0.4 is 0 Å². The van der Waals surface area contributed by atoms with Crippen molar-refractivity contribution in [1.29, 1.82) is 0 Å². The van der Waals surface area contributed by atoms with E-state index in [9.17, 15) is 9.59 Å². The third-order valence-electron chi connectivity index (χ3n) is 2.88. The highest BCUT2D eigenvalue weighted by Gasteiger charge is 2.35. The van der Waals surface area contributed by atoms with Crippen LogP contribution >= 0.6 is 11.8 Å². The zero-order valence-electron chi connectivity index (χ0n) is 10.5. The first-order valence-corrected chi connectivity index (χ1v) is 6.96. The Morgan fingerprint density at radius 1 is 1.63 bits per heavy atom. The van der Waals surface area contributed by atoms with E-state index in [4.69, 9.17) is 5.11 Å². The summed E-state index contributed by atoms with van der Waals surface area (Å²) < 4.78 is 0. The molecule has 2 heterocycles. The van der Waals surface area contributed by atoms with Gasteiger partial charge in [0, 0.05) is 31.7 Å². The standard InChI is InChI=1S/C12H15N3O3S/c1-14(6-9-3-2-4-13-5-9)12(18)15-8-19-7-10(15)11(16)17/h2-5,10H,6-8H2,1H3,(H,16,17). The SMILES string of the molecule is CN(Cc1cccnc1)C(=O)N1CSCC1C(=O)O. The van der Waals surface area contributed by atoms with E-state index in [1.165, 1.54) is 21.6 Å². The van der Waals surface area contributed by atoms with Crippen LogP contribution in [0.2, 0.25) is 0 Å². The maximum absolute atomic E-state index is 12.2. The van der Waals surface area contributed by atoms with Crippen molar-refractivity contribution in [3.8, 4) is 0 Å². The molecule has 1 aromatic heterocycles. The maximum Gasteiger partial charge on any atom is 0.327 e. The summed E-state index contributed by atoms with van der Waals surface area (Å²) in [6, 6.07) is 2.69. The number of hydrogen-bond acceptors (Lipinski definition) is 4. The third-order valence-corrected chi connectivity index (χ3v) is 3.89. The topological polar surface area (TPSA) is 73.7 Å². The number of hydrogen-bond donors (Lipinski definition) is 1. The van der Waals surface area contributed by atoms with Gasteiger partial charge in [-0.2, -0.15) is 0 Å². The van der Waals surface area contributed by atoms with Crippen molar-refractivity contribution in [2.24, 2.45) is 0 Å². The van der Waals surface area contributed by atoms with Gasteiger partial charge < -0.3 is 14.9 Å². The van der Waals surface area contributed by atoms with Crippen LogP contribution in [0.3, 0.4) is 0 Å². The van der Waals surface area contributed by atoms with E-state index in [1.54, 1.807) is 25.5 Å². The molecule has 6 nitrogen and oxygen atoms in total. The molecule has 2 amide bonds. The summed E-state index contributed by atoms with van der Waals surface area (Å²) in [6.07, 6.45) is 3.36. The van der Waals surface area contributed by atoms with Gasteiger partial charge in [-0.05, 0) is 11.6 Å². The van der Waals surface area contributed by atoms with E-state index in [2.05, 4.69) is 4.98 Å². The number of nitrogens with zero attached hydrogens (tertiary/aromatic N) is 3. The zero-order chi connectivity index (χ0) is 13.8. The number of carbonyl (C=O) groups excluding carboxylic acids is 1. The van der Waals surface area contributed by atoms with E-state index in [0.29, 0.717) is 18.2 Å². The molecule has 0 aromatic carbocycles. The number of urea groups is 1. The average molecular weight is 281 g/mol. The van der Waals surface area contributed by atoms with Crippen molar-refractivity contribution in [3.05, 3.63) is 30.1 Å². The first-order chi connectivity index (χ1) is 9.09. The molecule has 1 fully saturated rings. The molecular weight excluding hydrogens is 266 g/mol. The molecule has 1 atom stereocenters. The smallest absolute Gasteiger partial charge is 0.327 e. The zero-order valence-corrected chi connectivity index (χ0v) is 11.3. The van der Waals surface area contributed by atoms with Crippen molar-refractivity contribution >= 4 is 23.8 Å². The van der Waals surface area contributed by atoms with Crippen molar-refractivity contribution in [2.45, 2.75) is 12.6 Å². The minimum absolute atomic E-state index is 0.263. The van der Waals surface area contributed by atoms with Gasteiger partial charge in [-0.3, -0.25) is 4.98 Å². The van der Waals surface area contributed by atoms with Crippen LogP contribution in [0, 0.1) is 0 Å². The lowest BCUT2D eigenvalue weighted by Crippen LogP contribution is -2.47. The first kappa shape index (κ1) is 13.7. The predicted octanol–water partition coefficient (Wildman–Crippen LogP) is 1.09. The highest BCUT2D eigenvalue weighted by Crippen LogP contribution is 2.22. The summed E-state index contributed by atoms with van der Waals surface area (Å²) in [4.78, 5) is 30.2. The molecule has 19 heavy (non-hydrogen) atoms. The number of amides is 2. The molecule has 0 radical (unpaired) electrons. The van der Waals surface area contributed by atoms with Crippen LogP contribution in [-0.2, 0) is 11.3 Å². The molecule has 0 aliphatic carbocycles. The Kier molecular flexibility index (Phi) is 4.26. The summed E-state index contributed by atoms with van der Waals surface area (Å²) in [5.41, 5.74) is 0.914. The van der Waals surface area contributed by atoms with Crippen LogP contribution in [0.4, 0.5) is 4.79 Å². The third kappa shape index (κ3) is 3.17. The van der Waals surface area contributed by atoms with Crippen LogP contribution in [-0.4, -0.2) is 56.6 Å². The summed E-state index contributed by atoms with van der Waals surface area (Å²) in [6.45, 7) is 0.417. The normalized spacial score (nSPS) is 18.4. The van der Waals surface area contributed by atoms with Crippen molar-refractivity contribution in [1.82, 2.24) is 14.8 Å². The molecule has 1 aliphatic heterocycles. The lowest BCUT2D eigenvalue weighted by Gasteiger charge is -2.26. The highest BCUT2D eigenvalue weighted by molar-refractivity contribution is 7.99. The Morgan fingerprint density at radius 3 is 3.05 bits per heavy atom. The van der Waals surface area contributed by atoms with Gasteiger partial charge in [0.25, 0.3) is 0 Å². The fourth-order valence-corrected chi connectivity index (χ4v) is 3.03. The molecule has 1 aliphatic rings. The second kappa shape index (κ2) is 5.92. The Morgan fingerprint density at radius 2 is 2.42 bits per heavy atom. The van der Waals surface area contributed by atoms with Crippen LogP contribution in [0.25, 0.3) is 0 Å². The molecule has 0 saturated carbocycles. The van der Waals surface area contributed by atoms with Crippen molar-refractivity contribution < 1.29 is 14.7 Å². The molecule has 1 N–H and O–H groups in total. The van der Waals surface area contributed by atoms with Gasteiger partial charge in [-0.1, -0.05) is 6.07 Å². The maximum atomic E-state index is 12.2. The molecule has 2 rings (SSSR count). The van der Waals surface area contributed by atoms with E-state index in [-0.39, 0.29) is 6.03 Å². The largest absolute Gasteiger partial charge is 0.480 e. The number of carbonyl (C=O) groups is 2. The molecule has 1 saturated heterocycles. The number of rotatable bonds is 3. The minimum atomic E-state index is -0.951. The fourth-order valence-electron chi connectivity index (χ4n) is 1.89. The van der Waals surface area contributed by atoms with E-state index >= 15 is 0 Å². The van der Waals surface area contributed by atoms with Gasteiger partial charge in [0.05, 0.1) is 5.88 Å². The summed E-state index contributed by atoms with van der Waals surface area (Å²) in [5.74, 6) is -0.0808. The van der Waals surface area contributed by atoms with Gasteiger partial charge >= 0.3 is 12.0 Å². The van der Waals surface area contributed by atoms with E-state index in [0.717, 1.165) is 5.56 Å². The molecule has 0 spiro atoms. The van der Waals surface area contributed by atoms with Gasteiger partial charge in [-0.15, -0.1) is 11.8 Å². The minimum Gasteiger partial charge on any atom is -0.480 e. The summed E-state index contributed by atoms with van der Waals surface area (Å²) in [5, 5.41) is 9.07. The lowest BCUT2D eigenvalue weighted by atomic mass is 10.2. The van der Waals surface area contributed by atoms with Crippen LogP contribution in [0.1, 0.15) is 5.56 Å². The number of thioether (sulfide) groups is 1. The van der Waals surface area contributed by atoms with E-state index < -0.39 is 12.0 Å². The molecule has 7 heteroatoms. The Bertz CT molecular complexity index is 469. The van der Waals surface area contributed by atoms with Gasteiger partial charge in [0.1, 0.15) is 6.04 Å². The molecule has 102 valence electrons. The first-order valence-electron chi connectivity index (χ1n) is 5.81. The van der Waals surface area contributed by atoms with Gasteiger partial charge in [0.2, 0.25) is 0 Å². The molecule has 1 unspecified atom stereocenters. The van der Waals surface area contributed by atoms with Crippen LogP contribution in [0.5, 0.6) is 0 Å². The predicted molar refractivity (Wildman–Crippen MR) is 71.7 cm³/mol. The summed E-state index contributed by atoms with van der Waals surface area (Å²) in [7, 11) is 1.66. The monoisotopic (exact) mass is 281 g/mol. The van der Waals surface area contributed by atoms with Crippen molar-refractivity contribution in [2.75, 3.05) is 18.7 Å². The number of carboxylic acid groups (broad SMARTS) is 1. The quantitative estimate of drug-likeness (QED) is 0.898. The molecule has 0 bridgehead atoms. The second-order valence-electron chi connectivity index (χ2n) is 4.32. The number of aliphatic carboxylic acids is 1. The number of carboxylic acids is 1. The second-order valence-corrected chi connectivity index (χ2v) is 5.32. The van der Waals surface area contributed by atoms with Crippen LogP contribution in [0.15, 0.2) is 24.5 Å². The fraction of sp³-hybridized carbons (Fsp3) is 0.417. The number of pyridine rings is 1. The Hall–Kier alpha value is -1.76. The molecule has 1 aromatic rings. The lowest BCUT2D eigenvalue weighted by molar-refractivity contribution is -0.140.